The molecule has 0 fully saturated rings. The van der Waals surface area contributed by atoms with Gasteiger partial charge in [-0.3, -0.25) is 34.2 Å². The molecule has 11 nitrogen and oxygen atoms in total. The number of rotatable bonds is 7. The van der Waals surface area contributed by atoms with Gasteiger partial charge in [0.1, 0.15) is 0 Å². The fourth-order valence-corrected chi connectivity index (χ4v) is 1.78. The summed E-state index contributed by atoms with van der Waals surface area (Å²) in [7, 11) is 0. The van der Waals surface area contributed by atoms with Crippen molar-refractivity contribution in [2.75, 3.05) is 26.3 Å². The lowest BCUT2D eigenvalue weighted by Gasteiger charge is -2.13. The van der Waals surface area contributed by atoms with Crippen LogP contribution in [-0.4, -0.2) is 66.6 Å². The lowest BCUT2D eigenvalue weighted by Crippen LogP contribution is -2.39. The number of hydrogen-bond donors (Lipinski definition) is 2. The van der Waals surface area contributed by atoms with Gasteiger partial charge in [-0.25, -0.2) is 0 Å². The van der Waals surface area contributed by atoms with E-state index in [0.29, 0.717) is 12.5 Å². The highest BCUT2D eigenvalue weighted by Crippen LogP contribution is 2.01. The molecular formula is C16H20N4O7. The van der Waals surface area contributed by atoms with E-state index in [0.717, 1.165) is 4.90 Å². The second-order valence-electron chi connectivity index (χ2n) is 5.01. The zero-order valence-electron chi connectivity index (χ0n) is 14.9. The molecule has 2 rings (SSSR count). The predicted molar refractivity (Wildman–Crippen MR) is 91.8 cm³/mol. The van der Waals surface area contributed by atoms with E-state index in [1.165, 1.54) is 24.3 Å². The summed E-state index contributed by atoms with van der Waals surface area (Å²) >= 11 is 0. The van der Waals surface area contributed by atoms with E-state index < -0.39 is 5.91 Å². The number of oxime groups is 1. The topological polar surface area (TPSA) is 143 Å². The van der Waals surface area contributed by atoms with E-state index in [1.54, 1.807) is 6.92 Å². The van der Waals surface area contributed by atoms with Crippen molar-refractivity contribution in [1.29, 1.82) is 0 Å². The summed E-state index contributed by atoms with van der Waals surface area (Å²) < 4.78 is 5.00. The van der Waals surface area contributed by atoms with Crippen LogP contribution in [0, 0.1) is 0 Å². The van der Waals surface area contributed by atoms with Crippen molar-refractivity contribution in [1.82, 2.24) is 15.5 Å². The van der Waals surface area contributed by atoms with E-state index in [2.05, 4.69) is 10.5 Å². The Morgan fingerprint density at radius 1 is 1.11 bits per heavy atom. The van der Waals surface area contributed by atoms with Crippen LogP contribution in [0.4, 0.5) is 0 Å². The average molecular weight is 380 g/mol. The average Bonchev–Trinajstić information content (AvgIpc) is 3.14. The Morgan fingerprint density at radius 2 is 1.70 bits per heavy atom. The molecule has 0 spiro atoms. The fraction of sp³-hybridized carbons (Fsp3) is 0.375. The number of ether oxygens (including phenoxy) is 1. The molecule has 5 amide bonds. The minimum atomic E-state index is -0.398. The van der Waals surface area contributed by atoms with Crippen LogP contribution in [0.15, 0.2) is 29.5 Å². The van der Waals surface area contributed by atoms with Crippen molar-refractivity contribution >= 4 is 35.4 Å². The van der Waals surface area contributed by atoms with Crippen molar-refractivity contribution in [3.05, 3.63) is 24.3 Å². The number of nitrogens with zero attached hydrogens (tertiary/aromatic N) is 2. The zero-order valence-corrected chi connectivity index (χ0v) is 14.9. The molecule has 146 valence electrons. The Bertz CT molecular complexity index is 663. The molecule has 2 heterocycles. The molecule has 0 aromatic heterocycles. The summed E-state index contributed by atoms with van der Waals surface area (Å²) in [5.41, 5.74) is 0. The van der Waals surface area contributed by atoms with Crippen molar-refractivity contribution in [3.8, 4) is 0 Å². The Balaban J connectivity index is 0.000000433. The number of hydrogen-bond acceptors (Lipinski definition) is 8. The highest BCUT2D eigenvalue weighted by molar-refractivity contribution is 6.13. The molecule has 2 aliphatic heterocycles. The third-order valence-electron chi connectivity index (χ3n) is 2.93. The van der Waals surface area contributed by atoms with Crippen LogP contribution in [0.1, 0.15) is 13.8 Å². The van der Waals surface area contributed by atoms with Crippen molar-refractivity contribution in [2.24, 2.45) is 5.16 Å². The monoisotopic (exact) mass is 380 g/mol. The molecule has 0 saturated heterocycles. The van der Waals surface area contributed by atoms with E-state index in [-0.39, 0.29) is 43.3 Å². The molecule has 0 saturated carbocycles. The first-order valence-electron chi connectivity index (χ1n) is 7.96. The number of carbonyl (C=O) groups is 5. The predicted octanol–water partition coefficient (Wildman–Crippen LogP) is -1.39. The molecule has 2 aliphatic rings. The molecule has 0 aromatic carbocycles. The third kappa shape index (κ3) is 8.43. The third-order valence-corrected chi connectivity index (χ3v) is 2.93. The van der Waals surface area contributed by atoms with Crippen molar-refractivity contribution < 1.29 is 33.5 Å². The Morgan fingerprint density at radius 3 is 2.19 bits per heavy atom. The normalized spacial score (nSPS) is 15.5. The highest BCUT2D eigenvalue weighted by atomic mass is 16.6. The maximum atomic E-state index is 11.4. The van der Waals surface area contributed by atoms with Crippen LogP contribution in [0.25, 0.3) is 0 Å². The lowest BCUT2D eigenvalue weighted by atomic mass is 10.5. The van der Waals surface area contributed by atoms with Crippen LogP contribution < -0.4 is 10.6 Å². The van der Waals surface area contributed by atoms with Gasteiger partial charge in [-0.05, 0) is 6.92 Å². The maximum Gasteiger partial charge on any atom is 0.260 e. The molecular weight excluding hydrogens is 360 g/mol. The minimum absolute atomic E-state index is 0.123. The largest absolute Gasteiger partial charge is 0.479 e. The van der Waals surface area contributed by atoms with Crippen LogP contribution >= 0.6 is 0 Å². The van der Waals surface area contributed by atoms with Gasteiger partial charge >= 0.3 is 0 Å². The molecule has 0 aromatic rings. The first-order chi connectivity index (χ1) is 12.8. The lowest BCUT2D eigenvalue weighted by molar-refractivity contribution is -0.137. The zero-order chi connectivity index (χ0) is 20.2. The van der Waals surface area contributed by atoms with E-state index >= 15 is 0 Å². The van der Waals surface area contributed by atoms with Crippen molar-refractivity contribution in [2.45, 2.75) is 13.8 Å². The maximum absolute atomic E-state index is 11.4. The second kappa shape index (κ2) is 11.2. The summed E-state index contributed by atoms with van der Waals surface area (Å²) in [5, 5.41) is 8.10. The first-order valence-corrected chi connectivity index (χ1v) is 7.96. The van der Waals surface area contributed by atoms with Crippen molar-refractivity contribution in [3.63, 3.8) is 0 Å². The fourth-order valence-electron chi connectivity index (χ4n) is 1.78. The smallest absolute Gasteiger partial charge is 0.260 e. The van der Waals surface area contributed by atoms with Crippen LogP contribution in [-0.2, 0) is 33.5 Å². The summed E-state index contributed by atoms with van der Waals surface area (Å²) in [6.45, 7) is 3.91. The van der Waals surface area contributed by atoms with Gasteiger partial charge in [-0.2, -0.15) is 0 Å². The van der Waals surface area contributed by atoms with Gasteiger partial charge in [0.25, 0.3) is 29.5 Å². The molecule has 0 aliphatic carbocycles. The Kier molecular flexibility index (Phi) is 8.92. The van der Waals surface area contributed by atoms with Crippen LogP contribution in [0.2, 0.25) is 0 Å². The summed E-state index contributed by atoms with van der Waals surface area (Å²) in [6.07, 6.45) is 4.78. The number of nitrogens with one attached hydrogen (secondary N) is 2. The molecule has 0 unspecified atom stereocenters. The van der Waals surface area contributed by atoms with Gasteiger partial charge in [0.05, 0.1) is 6.61 Å². The van der Waals surface area contributed by atoms with E-state index in [4.69, 9.17) is 9.57 Å². The van der Waals surface area contributed by atoms with Gasteiger partial charge in [0.2, 0.25) is 5.90 Å². The number of carbonyl (C=O) groups excluding carboxylic acids is 5. The second-order valence-corrected chi connectivity index (χ2v) is 5.01. The Labute approximate surface area is 155 Å². The molecule has 27 heavy (non-hydrogen) atoms. The summed E-state index contributed by atoms with van der Waals surface area (Å²) in [4.78, 5) is 59.7. The van der Waals surface area contributed by atoms with Gasteiger partial charge in [-0.1, -0.05) is 5.16 Å². The van der Waals surface area contributed by atoms with Gasteiger partial charge in [0, 0.05) is 44.3 Å². The number of imide groups is 2. The molecule has 11 heteroatoms. The molecule has 0 radical (unpaired) electrons. The minimum Gasteiger partial charge on any atom is -0.479 e. The van der Waals surface area contributed by atoms with E-state index in [9.17, 15) is 24.0 Å². The molecule has 0 bridgehead atoms. The quantitative estimate of drug-likeness (QED) is 0.240. The summed E-state index contributed by atoms with van der Waals surface area (Å²) in [5.74, 6) is -1.48. The Hall–Kier alpha value is -3.50. The van der Waals surface area contributed by atoms with Gasteiger partial charge in [-0.15, -0.1) is 0 Å². The van der Waals surface area contributed by atoms with Gasteiger partial charge < -0.3 is 14.9 Å². The highest BCUT2D eigenvalue weighted by Gasteiger charge is 2.22. The van der Waals surface area contributed by atoms with Gasteiger partial charge in [0.15, 0.2) is 6.61 Å². The SMILES string of the molecule is CCO/C(C)=N/OCC(=O)NCCN1C(=O)C=CC1=O.O=C1C=CC(=O)N1. The van der Waals surface area contributed by atoms with E-state index in [1.807, 2.05) is 12.2 Å². The molecule has 0 atom stereocenters. The first kappa shape index (κ1) is 21.5. The number of amides is 5. The standard InChI is InChI=1S/C12H17N3O5.C4H3NO2/c1-3-19-9(2)14-20-8-10(16)13-6-7-15-11(17)4-5-12(15)18;6-3-1-2-4(7)5-3/h4-5H,3,6-8H2,1-2H3,(H,13,16);1-2H,(H,5,6,7)/b14-9+;. The van der Waals surface area contributed by atoms with Crippen LogP contribution in [0.5, 0.6) is 0 Å². The summed E-state index contributed by atoms with van der Waals surface area (Å²) in [6, 6.07) is 0. The molecule has 2 N–H and O–H groups in total. The van der Waals surface area contributed by atoms with Crippen LogP contribution in [0.3, 0.4) is 0 Å².